The van der Waals surface area contributed by atoms with Gasteiger partial charge >= 0.3 is 0 Å². The Morgan fingerprint density at radius 3 is 2.45 bits per heavy atom. The van der Waals surface area contributed by atoms with E-state index in [4.69, 9.17) is 0 Å². The molecule has 62 valence electrons. The van der Waals surface area contributed by atoms with Gasteiger partial charge in [0.2, 0.25) is 0 Å². The van der Waals surface area contributed by atoms with Crippen molar-refractivity contribution in [3.05, 3.63) is 23.3 Å². The molecule has 0 aromatic carbocycles. The van der Waals surface area contributed by atoms with Gasteiger partial charge in [0.05, 0.1) is 0 Å². The first-order valence-corrected chi connectivity index (χ1v) is 4.46. The van der Waals surface area contributed by atoms with Crippen molar-refractivity contribution in [1.82, 2.24) is 0 Å². The summed E-state index contributed by atoms with van der Waals surface area (Å²) in [6.07, 6.45) is 5.90. The fourth-order valence-electron chi connectivity index (χ4n) is 1.82. The zero-order valence-electron chi connectivity index (χ0n) is 8.02. The third-order valence-electron chi connectivity index (χ3n) is 2.54. The van der Waals surface area contributed by atoms with Gasteiger partial charge in [-0.25, -0.2) is 0 Å². The van der Waals surface area contributed by atoms with E-state index in [1.54, 1.807) is 5.57 Å². The van der Waals surface area contributed by atoms with Crippen LogP contribution in [0.15, 0.2) is 23.3 Å². The first kappa shape index (κ1) is 8.58. The van der Waals surface area contributed by atoms with E-state index in [1.807, 2.05) is 0 Å². The van der Waals surface area contributed by atoms with Crippen LogP contribution in [-0.4, -0.2) is 0 Å². The Labute approximate surface area is 70.0 Å². The Morgan fingerprint density at radius 1 is 1.36 bits per heavy atom. The van der Waals surface area contributed by atoms with E-state index in [0.29, 0.717) is 0 Å². The summed E-state index contributed by atoms with van der Waals surface area (Å²) in [6.45, 7) is 9.04. The first-order chi connectivity index (χ1) is 5.11. The van der Waals surface area contributed by atoms with Gasteiger partial charge in [0.25, 0.3) is 0 Å². The van der Waals surface area contributed by atoms with Gasteiger partial charge in [-0.1, -0.05) is 37.1 Å². The quantitative estimate of drug-likeness (QED) is 0.536. The molecule has 0 heteroatoms. The molecule has 0 amide bonds. The highest BCUT2D eigenvalue weighted by molar-refractivity contribution is 5.27. The summed E-state index contributed by atoms with van der Waals surface area (Å²) in [5.74, 6) is 1.58. The van der Waals surface area contributed by atoms with E-state index in [1.165, 1.54) is 12.0 Å². The predicted molar refractivity (Wildman–Crippen MR) is 50.5 cm³/mol. The van der Waals surface area contributed by atoms with Crippen molar-refractivity contribution in [3.8, 4) is 0 Å². The number of hydrogen-bond donors (Lipinski definition) is 0. The van der Waals surface area contributed by atoms with Crippen LogP contribution in [0.4, 0.5) is 0 Å². The Bertz CT molecular complexity index is 194. The fourth-order valence-corrected chi connectivity index (χ4v) is 1.82. The lowest BCUT2D eigenvalue weighted by atomic mass is 9.82. The molecule has 0 heterocycles. The zero-order valence-corrected chi connectivity index (χ0v) is 8.02. The van der Waals surface area contributed by atoms with Gasteiger partial charge in [0, 0.05) is 0 Å². The van der Waals surface area contributed by atoms with E-state index in [9.17, 15) is 0 Å². The third-order valence-corrected chi connectivity index (χ3v) is 2.54. The molecule has 1 rings (SSSR count). The number of allylic oxidation sites excluding steroid dienone is 4. The maximum atomic E-state index is 2.34. The molecule has 1 unspecified atom stereocenters. The van der Waals surface area contributed by atoms with E-state index >= 15 is 0 Å². The van der Waals surface area contributed by atoms with Crippen LogP contribution in [0.1, 0.15) is 34.1 Å². The van der Waals surface area contributed by atoms with Crippen LogP contribution in [0.25, 0.3) is 0 Å². The summed E-state index contributed by atoms with van der Waals surface area (Å²) in [6, 6.07) is 0. The van der Waals surface area contributed by atoms with E-state index < -0.39 is 0 Å². The van der Waals surface area contributed by atoms with Gasteiger partial charge in [-0.2, -0.15) is 0 Å². The van der Waals surface area contributed by atoms with Crippen molar-refractivity contribution in [2.75, 3.05) is 0 Å². The molecule has 0 saturated carbocycles. The standard InChI is InChI=1S/C11H18/c1-8(2)11-6-5-9(3)7-10(11)4/h5,7-8,11H,6H2,1-4H3. The number of hydrogen-bond acceptors (Lipinski definition) is 0. The summed E-state index contributed by atoms with van der Waals surface area (Å²) >= 11 is 0. The van der Waals surface area contributed by atoms with Gasteiger partial charge < -0.3 is 0 Å². The molecule has 1 aliphatic carbocycles. The van der Waals surface area contributed by atoms with Crippen molar-refractivity contribution in [3.63, 3.8) is 0 Å². The van der Waals surface area contributed by atoms with E-state index in [0.717, 1.165) is 11.8 Å². The van der Waals surface area contributed by atoms with Crippen LogP contribution in [0.5, 0.6) is 0 Å². The minimum atomic E-state index is 0.788. The maximum Gasteiger partial charge on any atom is -0.0145 e. The summed E-state index contributed by atoms with van der Waals surface area (Å²) in [4.78, 5) is 0. The molecular formula is C11H18. The van der Waals surface area contributed by atoms with Crippen molar-refractivity contribution in [1.29, 1.82) is 0 Å². The first-order valence-electron chi connectivity index (χ1n) is 4.46. The monoisotopic (exact) mass is 150 g/mol. The van der Waals surface area contributed by atoms with Crippen molar-refractivity contribution in [2.45, 2.75) is 34.1 Å². The lowest BCUT2D eigenvalue weighted by Crippen LogP contribution is -2.11. The van der Waals surface area contributed by atoms with Crippen LogP contribution in [0, 0.1) is 11.8 Å². The Morgan fingerprint density at radius 2 is 2.00 bits per heavy atom. The smallest absolute Gasteiger partial charge is 0.0145 e. The van der Waals surface area contributed by atoms with E-state index in [-0.39, 0.29) is 0 Å². The lowest BCUT2D eigenvalue weighted by Gasteiger charge is -2.23. The molecule has 0 radical (unpaired) electrons. The molecule has 0 N–H and O–H groups in total. The largest absolute Gasteiger partial charge is 0.0810 e. The molecule has 0 bridgehead atoms. The molecule has 0 nitrogen and oxygen atoms in total. The van der Waals surface area contributed by atoms with Crippen LogP contribution in [0.3, 0.4) is 0 Å². The summed E-state index contributed by atoms with van der Waals surface area (Å²) in [5.41, 5.74) is 2.99. The second-order valence-electron chi connectivity index (χ2n) is 3.92. The average Bonchev–Trinajstić information content (AvgIpc) is 1.85. The average molecular weight is 150 g/mol. The van der Waals surface area contributed by atoms with Gasteiger partial charge in [-0.05, 0) is 32.1 Å². The third kappa shape index (κ3) is 1.95. The normalized spacial score (nSPS) is 25.0. The second kappa shape index (κ2) is 3.25. The molecule has 1 atom stereocenters. The maximum absolute atomic E-state index is 2.34. The zero-order chi connectivity index (χ0) is 8.43. The highest BCUT2D eigenvalue weighted by Crippen LogP contribution is 2.29. The minimum Gasteiger partial charge on any atom is -0.0810 e. The van der Waals surface area contributed by atoms with Gasteiger partial charge in [0.1, 0.15) is 0 Å². The molecule has 0 aliphatic heterocycles. The Balaban J connectivity index is 2.72. The van der Waals surface area contributed by atoms with Crippen LogP contribution >= 0.6 is 0 Å². The molecule has 0 saturated heterocycles. The molecular weight excluding hydrogens is 132 g/mol. The van der Waals surface area contributed by atoms with Crippen LogP contribution < -0.4 is 0 Å². The lowest BCUT2D eigenvalue weighted by molar-refractivity contribution is 0.442. The van der Waals surface area contributed by atoms with Crippen molar-refractivity contribution < 1.29 is 0 Å². The molecule has 0 spiro atoms. The summed E-state index contributed by atoms with van der Waals surface area (Å²) in [7, 11) is 0. The molecule has 0 aromatic heterocycles. The fraction of sp³-hybridized carbons (Fsp3) is 0.636. The molecule has 0 fully saturated rings. The Hall–Kier alpha value is -0.520. The topological polar surface area (TPSA) is 0 Å². The van der Waals surface area contributed by atoms with E-state index in [2.05, 4.69) is 39.8 Å². The second-order valence-corrected chi connectivity index (χ2v) is 3.92. The predicted octanol–water partition coefficient (Wildman–Crippen LogP) is 3.55. The summed E-state index contributed by atoms with van der Waals surface area (Å²) < 4.78 is 0. The molecule has 1 aliphatic rings. The van der Waals surface area contributed by atoms with Gasteiger partial charge in [0.15, 0.2) is 0 Å². The highest BCUT2D eigenvalue weighted by atomic mass is 14.2. The molecule has 0 aromatic rings. The molecule has 11 heavy (non-hydrogen) atoms. The minimum absolute atomic E-state index is 0.788. The summed E-state index contributed by atoms with van der Waals surface area (Å²) in [5, 5.41) is 0. The van der Waals surface area contributed by atoms with Crippen molar-refractivity contribution in [2.24, 2.45) is 11.8 Å². The van der Waals surface area contributed by atoms with Gasteiger partial charge in [-0.3, -0.25) is 0 Å². The number of rotatable bonds is 1. The van der Waals surface area contributed by atoms with Crippen LogP contribution in [-0.2, 0) is 0 Å². The SMILES string of the molecule is CC1=CCC(C(C)C)C(C)=C1. The Kier molecular flexibility index (Phi) is 2.53. The van der Waals surface area contributed by atoms with Crippen LogP contribution in [0.2, 0.25) is 0 Å². The van der Waals surface area contributed by atoms with Crippen molar-refractivity contribution >= 4 is 0 Å². The highest BCUT2D eigenvalue weighted by Gasteiger charge is 2.16. The van der Waals surface area contributed by atoms with Gasteiger partial charge in [-0.15, -0.1) is 0 Å².